The Morgan fingerprint density at radius 1 is 1.25 bits per heavy atom. The molecule has 6 heteroatoms. The number of morpholine rings is 1. The maximum absolute atomic E-state index is 11.2. The lowest BCUT2D eigenvalue weighted by molar-refractivity contribution is 0.0385. The first-order chi connectivity index (χ1) is 7.64. The summed E-state index contributed by atoms with van der Waals surface area (Å²) in [6, 6.07) is 0. The summed E-state index contributed by atoms with van der Waals surface area (Å²) in [6.07, 6.45) is 0. The first-order valence-corrected chi connectivity index (χ1v) is 7.67. The second-order valence-electron chi connectivity index (χ2n) is 3.94. The Balaban J connectivity index is 1.99. The van der Waals surface area contributed by atoms with E-state index in [0.717, 1.165) is 39.4 Å². The van der Waals surface area contributed by atoms with E-state index in [0.29, 0.717) is 6.54 Å². The number of sulfone groups is 1. The molecule has 0 radical (unpaired) electrons. The summed E-state index contributed by atoms with van der Waals surface area (Å²) in [5.74, 6) is 0.477. The van der Waals surface area contributed by atoms with Crippen LogP contribution in [0.1, 0.15) is 6.92 Å². The first kappa shape index (κ1) is 13.9. The molecule has 0 amide bonds. The Labute approximate surface area is 98.1 Å². The van der Waals surface area contributed by atoms with Crippen molar-refractivity contribution in [2.75, 3.05) is 57.4 Å². The number of nitrogens with zero attached hydrogens (tertiary/aromatic N) is 1. The molecule has 1 fully saturated rings. The van der Waals surface area contributed by atoms with Gasteiger partial charge in [-0.1, -0.05) is 6.92 Å². The third-order valence-electron chi connectivity index (χ3n) is 2.74. The summed E-state index contributed by atoms with van der Waals surface area (Å²) in [7, 11) is -2.82. The van der Waals surface area contributed by atoms with Gasteiger partial charge in [-0.25, -0.2) is 8.42 Å². The van der Waals surface area contributed by atoms with Crippen LogP contribution in [0, 0.1) is 0 Å². The van der Waals surface area contributed by atoms with Crippen molar-refractivity contribution < 1.29 is 13.2 Å². The van der Waals surface area contributed by atoms with Gasteiger partial charge in [0.1, 0.15) is 0 Å². The Morgan fingerprint density at radius 3 is 2.56 bits per heavy atom. The zero-order valence-electron chi connectivity index (χ0n) is 9.94. The Hall–Kier alpha value is -0.170. The predicted molar refractivity (Wildman–Crippen MR) is 64.5 cm³/mol. The van der Waals surface area contributed by atoms with Gasteiger partial charge in [0, 0.05) is 38.5 Å². The van der Waals surface area contributed by atoms with Gasteiger partial charge in [-0.05, 0) is 0 Å². The van der Waals surface area contributed by atoms with Gasteiger partial charge >= 0.3 is 0 Å². The van der Waals surface area contributed by atoms with E-state index < -0.39 is 9.84 Å². The van der Waals surface area contributed by atoms with Crippen molar-refractivity contribution in [3.8, 4) is 0 Å². The van der Waals surface area contributed by atoms with E-state index in [4.69, 9.17) is 4.74 Å². The quantitative estimate of drug-likeness (QED) is 0.608. The molecule has 0 aromatic rings. The standard InChI is InChI=1S/C10H22N2O3S/c1-2-16(13,14)10-4-11-3-5-12-6-8-15-9-7-12/h11H,2-10H2,1H3. The fraction of sp³-hybridized carbons (Fsp3) is 1.00. The Bertz CT molecular complexity index is 274. The molecule has 1 saturated heterocycles. The van der Waals surface area contributed by atoms with Gasteiger partial charge in [0.05, 0.1) is 19.0 Å². The first-order valence-electron chi connectivity index (χ1n) is 5.85. The molecule has 0 bridgehead atoms. The highest BCUT2D eigenvalue weighted by Crippen LogP contribution is 1.94. The Kier molecular flexibility index (Phi) is 6.26. The molecule has 1 heterocycles. The number of rotatable bonds is 7. The van der Waals surface area contributed by atoms with Gasteiger partial charge in [0.15, 0.2) is 9.84 Å². The van der Waals surface area contributed by atoms with Crippen molar-refractivity contribution in [2.24, 2.45) is 0 Å². The van der Waals surface area contributed by atoms with E-state index in [1.54, 1.807) is 6.92 Å². The molecule has 0 unspecified atom stereocenters. The van der Waals surface area contributed by atoms with Gasteiger partial charge in [-0.2, -0.15) is 0 Å². The minimum absolute atomic E-state index is 0.234. The summed E-state index contributed by atoms with van der Waals surface area (Å²) in [5, 5.41) is 3.16. The minimum atomic E-state index is -2.82. The smallest absolute Gasteiger partial charge is 0.151 e. The van der Waals surface area contributed by atoms with E-state index in [9.17, 15) is 8.42 Å². The second kappa shape index (κ2) is 7.21. The average Bonchev–Trinajstić information content (AvgIpc) is 2.30. The molecular formula is C10H22N2O3S. The number of hydrogen-bond acceptors (Lipinski definition) is 5. The average molecular weight is 250 g/mol. The highest BCUT2D eigenvalue weighted by molar-refractivity contribution is 7.91. The molecule has 1 aliphatic heterocycles. The van der Waals surface area contributed by atoms with Crippen LogP contribution in [0.4, 0.5) is 0 Å². The maximum Gasteiger partial charge on any atom is 0.151 e. The largest absolute Gasteiger partial charge is 0.379 e. The van der Waals surface area contributed by atoms with Crippen molar-refractivity contribution in [3.63, 3.8) is 0 Å². The highest BCUT2D eigenvalue weighted by Gasteiger charge is 2.09. The molecule has 5 nitrogen and oxygen atoms in total. The molecule has 0 atom stereocenters. The zero-order chi connectivity index (χ0) is 11.9. The van der Waals surface area contributed by atoms with E-state index in [1.165, 1.54) is 0 Å². The van der Waals surface area contributed by atoms with Crippen molar-refractivity contribution in [1.29, 1.82) is 0 Å². The van der Waals surface area contributed by atoms with Crippen LogP contribution in [0.25, 0.3) is 0 Å². The Morgan fingerprint density at radius 2 is 1.94 bits per heavy atom. The van der Waals surface area contributed by atoms with Crippen molar-refractivity contribution in [3.05, 3.63) is 0 Å². The lowest BCUT2D eigenvalue weighted by Gasteiger charge is -2.26. The lowest BCUT2D eigenvalue weighted by Crippen LogP contribution is -2.40. The predicted octanol–water partition coefficient (Wildman–Crippen LogP) is -0.657. The van der Waals surface area contributed by atoms with Gasteiger partial charge in [-0.3, -0.25) is 4.90 Å². The molecule has 1 aliphatic rings. The SMILES string of the molecule is CCS(=O)(=O)CCNCCN1CCOCC1. The maximum atomic E-state index is 11.2. The summed E-state index contributed by atoms with van der Waals surface area (Å²) in [6.45, 7) is 7.64. The molecule has 0 spiro atoms. The fourth-order valence-corrected chi connectivity index (χ4v) is 2.30. The van der Waals surface area contributed by atoms with E-state index in [2.05, 4.69) is 10.2 Å². The molecule has 16 heavy (non-hydrogen) atoms. The number of hydrogen-bond donors (Lipinski definition) is 1. The highest BCUT2D eigenvalue weighted by atomic mass is 32.2. The molecular weight excluding hydrogens is 228 g/mol. The van der Waals surface area contributed by atoms with Crippen LogP contribution in [-0.4, -0.2) is 70.8 Å². The lowest BCUT2D eigenvalue weighted by atomic mass is 10.4. The van der Waals surface area contributed by atoms with Crippen molar-refractivity contribution in [2.45, 2.75) is 6.92 Å². The minimum Gasteiger partial charge on any atom is -0.379 e. The summed E-state index contributed by atoms with van der Waals surface area (Å²) in [5.41, 5.74) is 0. The monoisotopic (exact) mass is 250 g/mol. The van der Waals surface area contributed by atoms with Crippen LogP contribution in [0.15, 0.2) is 0 Å². The number of ether oxygens (including phenoxy) is 1. The third-order valence-corrected chi connectivity index (χ3v) is 4.44. The molecule has 0 saturated carbocycles. The normalized spacial score (nSPS) is 18.8. The van der Waals surface area contributed by atoms with Gasteiger partial charge in [-0.15, -0.1) is 0 Å². The molecule has 0 aliphatic carbocycles. The summed E-state index contributed by atoms with van der Waals surface area (Å²) < 4.78 is 27.6. The van der Waals surface area contributed by atoms with Crippen LogP contribution in [0.3, 0.4) is 0 Å². The van der Waals surface area contributed by atoms with Crippen LogP contribution >= 0.6 is 0 Å². The van der Waals surface area contributed by atoms with Crippen molar-refractivity contribution in [1.82, 2.24) is 10.2 Å². The number of nitrogens with one attached hydrogen (secondary N) is 1. The molecule has 1 N–H and O–H groups in total. The molecule has 0 aromatic carbocycles. The van der Waals surface area contributed by atoms with E-state index in [-0.39, 0.29) is 11.5 Å². The van der Waals surface area contributed by atoms with E-state index >= 15 is 0 Å². The van der Waals surface area contributed by atoms with Crippen LogP contribution < -0.4 is 5.32 Å². The van der Waals surface area contributed by atoms with Crippen LogP contribution in [-0.2, 0) is 14.6 Å². The molecule has 0 aromatic heterocycles. The van der Waals surface area contributed by atoms with Crippen LogP contribution in [0.5, 0.6) is 0 Å². The van der Waals surface area contributed by atoms with Gasteiger partial charge in [0.2, 0.25) is 0 Å². The molecule has 96 valence electrons. The third kappa shape index (κ3) is 5.79. The summed E-state index contributed by atoms with van der Waals surface area (Å²) in [4.78, 5) is 2.32. The van der Waals surface area contributed by atoms with Gasteiger partial charge in [0.25, 0.3) is 0 Å². The summed E-state index contributed by atoms with van der Waals surface area (Å²) >= 11 is 0. The topological polar surface area (TPSA) is 58.6 Å². The van der Waals surface area contributed by atoms with Crippen molar-refractivity contribution >= 4 is 9.84 Å². The fourth-order valence-electron chi connectivity index (χ4n) is 1.56. The second-order valence-corrected chi connectivity index (χ2v) is 6.41. The molecule has 1 rings (SSSR count). The zero-order valence-corrected chi connectivity index (χ0v) is 10.8. The van der Waals surface area contributed by atoms with Gasteiger partial charge < -0.3 is 10.1 Å². The van der Waals surface area contributed by atoms with Crippen LogP contribution in [0.2, 0.25) is 0 Å². The van der Waals surface area contributed by atoms with E-state index in [1.807, 2.05) is 0 Å².